The van der Waals surface area contributed by atoms with Crippen molar-refractivity contribution in [1.29, 1.82) is 0 Å². The minimum Gasteiger partial charge on any atom is -0.493 e. The first-order valence-electron chi connectivity index (χ1n) is 6.21. The SMILES string of the molecule is O=c1cc(O)nc(-n2c(=O)[nH]c(=O)c3ccc(C(F)(F)F)nc32)[nH]1. The molecule has 0 fully saturated rings. The van der Waals surface area contributed by atoms with Crippen molar-refractivity contribution < 1.29 is 18.3 Å². The van der Waals surface area contributed by atoms with Crippen molar-refractivity contribution in [3.05, 3.63) is 55.1 Å². The summed E-state index contributed by atoms with van der Waals surface area (Å²) in [5, 5.41) is 9.00. The highest BCUT2D eigenvalue weighted by atomic mass is 19.4. The molecule has 124 valence electrons. The van der Waals surface area contributed by atoms with Crippen LogP contribution in [0.1, 0.15) is 5.69 Å². The minimum atomic E-state index is -4.82. The number of hydrogen-bond donors (Lipinski definition) is 3. The molecule has 3 heterocycles. The highest BCUT2D eigenvalue weighted by molar-refractivity contribution is 5.75. The second-order valence-corrected chi connectivity index (χ2v) is 4.59. The van der Waals surface area contributed by atoms with E-state index < -0.39 is 46.2 Å². The molecular weight excluding hydrogens is 335 g/mol. The van der Waals surface area contributed by atoms with Crippen LogP contribution in [0, 0.1) is 0 Å². The van der Waals surface area contributed by atoms with Crippen LogP contribution in [-0.2, 0) is 6.18 Å². The van der Waals surface area contributed by atoms with E-state index in [2.05, 4.69) is 15.0 Å². The van der Waals surface area contributed by atoms with Gasteiger partial charge >= 0.3 is 11.9 Å². The fourth-order valence-electron chi connectivity index (χ4n) is 2.01. The van der Waals surface area contributed by atoms with E-state index in [4.69, 9.17) is 0 Å². The van der Waals surface area contributed by atoms with E-state index >= 15 is 0 Å². The average Bonchev–Trinajstić information content (AvgIpc) is 2.44. The molecule has 0 spiro atoms. The molecule has 0 aliphatic heterocycles. The van der Waals surface area contributed by atoms with Gasteiger partial charge < -0.3 is 5.11 Å². The molecular formula is C12H6F3N5O4. The number of nitrogens with zero attached hydrogens (tertiary/aromatic N) is 3. The number of fused-ring (bicyclic) bond motifs is 1. The van der Waals surface area contributed by atoms with Crippen LogP contribution in [-0.4, -0.2) is 29.6 Å². The third-order valence-corrected chi connectivity index (χ3v) is 2.97. The Morgan fingerprint density at radius 1 is 1.08 bits per heavy atom. The number of halogens is 3. The molecule has 0 unspecified atom stereocenters. The molecule has 0 saturated carbocycles. The average molecular weight is 341 g/mol. The summed E-state index contributed by atoms with van der Waals surface area (Å²) in [5.74, 6) is -1.37. The van der Waals surface area contributed by atoms with Crippen LogP contribution >= 0.6 is 0 Å². The summed E-state index contributed by atoms with van der Waals surface area (Å²) >= 11 is 0. The Bertz CT molecular complexity index is 1130. The Labute approximate surface area is 128 Å². The molecule has 24 heavy (non-hydrogen) atoms. The van der Waals surface area contributed by atoms with E-state index in [1.807, 2.05) is 4.98 Å². The predicted octanol–water partition coefficient (Wildman–Crippen LogP) is -0.118. The monoisotopic (exact) mass is 341 g/mol. The Morgan fingerprint density at radius 2 is 1.79 bits per heavy atom. The maximum Gasteiger partial charge on any atom is 0.433 e. The van der Waals surface area contributed by atoms with Gasteiger partial charge in [0, 0.05) is 0 Å². The van der Waals surface area contributed by atoms with Crippen molar-refractivity contribution in [2.75, 3.05) is 0 Å². The highest BCUT2D eigenvalue weighted by Crippen LogP contribution is 2.28. The summed E-state index contributed by atoms with van der Waals surface area (Å²) in [4.78, 5) is 45.8. The summed E-state index contributed by atoms with van der Waals surface area (Å²) in [5.41, 5.74) is -5.04. The fraction of sp³-hybridized carbons (Fsp3) is 0.0833. The second kappa shape index (κ2) is 5.04. The molecule has 0 bridgehead atoms. The number of aromatic amines is 2. The van der Waals surface area contributed by atoms with Crippen LogP contribution in [0.3, 0.4) is 0 Å². The molecule has 0 atom stereocenters. The summed E-state index contributed by atoms with van der Waals surface area (Å²) in [6, 6.07) is 2.10. The molecule has 0 aliphatic carbocycles. The van der Waals surface area contributed by atoms with E-state index in [1.165, 1.54) is 0 Å². The molecule has 0 amide bonds. The first kappa shape index (κ1) is 15.5. The zero-order chi connectivity index (χ0) is 17.6. The van der Waals surface area contributed by atoms with Crippen molar-refractivity contribution >= 4 is 11.0 Å². The van der Waals surface area contributed by atoms with Gasteiger partial charge in [-0.25, -0.2) is 14.3 Å². The Morgan fingerprint density at radius 3 is 2.42 bits per heavy atom. The highest BCUT2D eigenvalue weighted by Gasteiger charge is 2.33. The van der Waals surface area contributed by atoms with Crippen LogP contribution in [0.25, 0.3) is 17.0 Å². The summed E-state index contributed by atoms with van der Waals surface area (Å²) < 4.78 is 38.9. The van der Waals surface area contributed by atoms with Crippen molar-refractivity contribution in [2.45, 2.75) is 6.18 Å². The largest absolute Gasteiger partial charge is 0.493 e. The number of nitrogens with one attached hydrogen (secondary N) is 2. The first-order chi connectivity index (χ1) is 11.2. The number of aromatic nitrogens is 5. The topological polar surface area (TPSA) is 134 Å². The third-order valence-electron chi connectivity index (χ3n) is 2.97. The molecule has 0 radical (unpaired) electrons. The number of pyridine rings is 1. The molecule has 3 aromatic rings. The maximum absolute atomic E-state index is 12.8. The van der Waals surface area contributed by atoms with Crippen LogP contribution in [0.15, 0.2) is 32.6 Å². The lowest BCUT2D eigenvalue weighted by molar-refractivity contribution is -0.141. The standard InChI is InChI=1S/C12H6F3N5O4/c13-12(14,15)5-2-1-4-8(16-5)20(11(24)19-9(4)23)10-17-6(21)3-7(22)18-10/h1-3H,(H,19,23,24)(H2,17,18,21,22). The van der Waals surface area contributed by atoms with Gasteiger partial charge in [-0.05, 0) is 12.1 Å². The van der Waals surface area contributed by atoms with Gasteiger partial charge in [0.05, 0.1) is 11.5 Å². The Kier molecular flexibility index (Phi) is 3.25. The lowest BCUT2D eigenvalue weighted by atomic mass is 10.3. The molecule has 3 rings (SSSR count). The van der Waals surface area contributed by atoms with Gasteiger partial charge in [0.2, 0.25) is 11.8 Å². The van der Waals surface area contributed by atoms with Crippen molar-refractivity contribution in [2.24, 2.45) is 0 Å². The molecule has 0 aliphatic rings. The van der Waals surface area contributed by atoms with Gasteiger partial charge in [0.1, 0.15) is 5.69 Å². The molecule has 3 aromatic heterocycles. The third kappa shape index (κ3) is 2.53. The number of aromatic hydroxyl groups is 1. The van der Waals surface area contributed by atoms with Crippen LogP contribution < -0.4 is 16.8 Å². The summed E-state index contributed by atoms with van der Waals surface area (Å²) in [6.07, 6.45) is -4.82. The van der Waals surface area contributed by atoms with Crippen LogP contribution in [0.5, 0.6) is 5.88 Å². The van der Waals surface area contributed by atoms with Gasteiger partial charge in [0.25, 0.3) is 11.1 Å². The summed E-state index contributed by atoms with van der Waals surface area (Å²) in [7, 11) is 0. The van der Waals surface area contributed by atoms with Crippen LogP contribution in [0.4, 0.5) is 13.2 Å². The lowest BCUT2D eigenvalue weighted by Crippen LogP contribution is -2.32. The van der Waals surface area contributed by atoms with Crippen LogP contribution in [0.2, 0.25) is 0 Å². The molecule has 0 saturated heterocycles. The summed E-state index contributed by atoms with van der Waals surface area (Å²) in [6.45, 7) is 0. The lowest BCUT2D eigenvalue weighted by Gasteiger charge is -2.10. The van der Waals surface area contributed by atoms with E-state index in [0.717, 1.165) is 6.07 Å². The van der Waals surface area contributed by atoms with E-state index in [9.17, 15) is 32.7 Å². The number of hydrogen-bond acceptors (Lipinski definition) is 6. The van der Waals surface area contributed by atoms with Gasteiger partial charge in [-0.3, -0.25) is 19.6 Å². The quantitative estimate of drug-likeness (QED) is 0.565. The zero-order valence-corrected chi connectivity index (χ0v) is 11.4. The maximum atomic E-state index is 12.8. The zero-order valence-electron chi connectivity index (χ0n) is 11.4. The molecule has 0 aromatic carbocycles. The molecule has 3 N–H and O–H groups in total. The van der Waals surface area contributed by atoms with Gasteiger partial charge in [0.15, 0.2) is 5.65 Å². The van der Waals surface area contributed by atoms with Gasteiger partial charge in [-0.15, -0.1) is 0 Å². The minimum absolute atomic E-state index is 0.339. The normalized spacial score (nSPS) is 11.8. The van der Waals surface area contributed by atoms with E-state index in [1.54, 1.807) is 0 Å². The van der Waals surface area contributed by atoms with E-state index in [0.29, 0.717) is 16.7 Å². The first-order valence-corrected chi connectivity index (χ1v) is 6.21. The second-order valence-electron chi connectivity index (χ2n) is 4.59. The Balaban J connectivity index is 2.48. The predicted molar refractivity (Wildman–Crippen MR) is 73.0 cm³/mol. The van der Waals surface area contributed by atoms with Crippen molar-refractivity contribution in [3.63, 3.8) is 0 Å². The smallest absolute Gasteiger partial charge is 0.433 e. The number of alkyl halides is 3. The van der Waals surface area contributed by atoms with Crippen molar-refractivity contribution in [1.82, 2.24) is 24.5 Å². The number of H-pyrrole nitrogens is 2. The van der Waals surface area contributed by atoms with Gasteiger partial charge in [-0.2, -0.15) is 18.2 Å². The fourth-order valence-corrected chi connectivity index (χ4v) is 2.01. The van der Waals surface area contributed by atoms with E-state index in [-0.39, 0.29) is 5.39 Å². The number of rotatable bonds is 1. The van der Waals surface area contributed by atoms with Gasteiger partial charge in [-0.1, -0.05) is 0 Å². The Hall–Kier alpha value is -3.44. The molecule has 12 heteroatoms. The van der Waals surface area contributed by atoms with Crippen molar-refractivity contribution in [3.8, 4) is 11.8 Å². The molecule has 9 nitrogen and oxygen atoms in total.